The number of nitrogens with zero attached hydrogens (tertiary/aromatic N) is 4. The minimum Gasteiger partial charge on any atom is -0.820 e. The number of aliphatic carboxylic acids is 1. The summed E-state index contributed by atoms with van der Waals surface area (Å²) in [5.74, 6) is -1.62. The van der Waals surface area contributed by atoms with Gasteiger partial charge in [-0.3, -0.25) is 29.9 Å². The smallest absolute Gasteiger partial charge is 0.303 e. The van der Waals surface area contributed by atoms with Crippen LogP contribution in [-0.2, 0) is 22.2 Å². The number of anilines is 2. The lowest BCUT2D eigenvalue weighted by Gasteiger charge is -2.27. The van der Waals surface area contributed by atoms with Crippen molar-refractivity contribution in [2.24, 2.45) is 0 Å². The van der Waals surface area contributed by atoms with E-state index < -0.39 is 49.5 Å². The number of carboxylic acids is 1. The van der Waals surface area contributed by atoms with E-state index >= 15 is 0 Å². The average Bonchev–Trinajstić information content (AvgIpc) is 3.43. The van der Waals surface area contributed by atoms with Gasteiger partial charge in [0.05, 0.1) is 50.3 Å². The van der Waals surface area contributed by atoms with E-state index in [1.54, 1.807) is 12.2 Å². The number of rotatable bonds is 12. The molecule has 0 saturated carbocycles. The molecular weight excluding hydrogens is 652 g/mol. The number of carboxylic acid groups (broad SMARTS) is 1. The molecule has 0 fully saturated rings. The number of unbranched alkanes of at least 4 members (excludes halogenated alkanes) is 2. The van der Waals surface area contributed by atoms with Gasteiger partial charge in [0.15, 0.2) is 5.56 Å². The molecule has 12 heteroatoms. The molecule has 2 aliphatic rings. The summed E-state index contributed by atoms with van der Waals surface area (Å²) in [6, 6.07) is 19.0. The first kappa shape index (κ1) is 34.9. The van der Waals surface area contributed by atoms with E-state index in [2.05, 4.69) is 18.7 Å². The highest BCUT2D eigenvalue weighted by atomic mass is 16.6. The van der Waals surface area contributed by atoms with Crippen molar-refractivity contribution in [1.82, 2.24) is 0 Å². The Balaban J connectivity index is 1.38. The number of para-hydroxylation sites is 2. The van der Waals surface area contributed by atoms with Crippen molar-refractivity contribution in [3.05, 3.63) is 126 Å². The molecule has 0 atom stereocenters. The molecule has 1 N–H and O–H groups in total. The predicted octanol–water partition coefficient (Wildman–Crippen LogP) is 7.21. The van der Waals surface area contributed by atoms with E-state index in [-0.39, 0.29) is 24.1 Å². The van der Waals surface area contributed by atoms with Crippen LogP contribution in [0.1, 0.15) is 81.2 Å². The van der Waals surface area contributed by atoms with Crippen LogP contribution in [0.5, 0.6) is 11.5 Å². The van der Waals surface area contributed by atoms with Crippen LogP contribution in [0.2, 0.25) is 0 Å². The van der Waals surface area contributed by atoms with E-state index in [1.165, 1.54) is 12.1 Å². The summed E-state index contributed by atoms with van der Waals surface area (Å²) in [6.07, 6.45) is 5.39. The summed E-state index contributed by atoms with van der Waals surface area (Å²) in [5.41, 5.74) is 3.55. The lowest BCUT2D eigenvalue weighted by Crippen LogP contribution is -2.28. The van der Waals surface area contributed by atoms with Gasteiger partial charge in [0, 0.05) is 42.7 Å². The van der Waals surface area contributed by atoms with Crippen molar-refractivity contribution in [1.29, 1.82) is 0 Å². The summed E-state index contributed by atoms with van der Waals surface area (Å²) in [5, 5.41) is 60.0. The predicted molar refractivity (Wildman–Crippen MR) is 191 cm³/mol. The topological polar surface area (TPSA) is 176 Å². The molecule has 0 bridgehead atoms. The van der Waals surface area contributed by atoms with Crippen LogP contribution in [0.4, 0.5) is 22.7 Å². The number of allylic oxidation sites excluding steroid dienone is 2. The van der Waals surface area contributed by atoms with Crippen molar-refractivity contribution in [2.45, 2.75) is 70.8 Å². The first-order valence-electron chi connectivity index (χ1n) is 16.8. The zero-order valence-corrected chi connectivity index (χ0v) is 28.8. The fourth-order valence-electron chi connectivity index (χ4n) is 7.45. The molecule has 0 radical (unpaired) electrons. The fourth-order valence-corrected chi connectivity index (χ4v) is 7.45. The van der Waals surface area contributed by atoms with Gasteiger partial charge < -0.3 is 20.2 Å². The van der Waals surface area contributed by atoms with Crippen molar-refractivity contribution >= 4 is 40.9 Å². The van der Waals surface area contributed by atoms with Gasteiger partial charge in [0.25, 0.3) is 11.4 Å². The second-order valence-electron chi connectivity index (χ2n) is 14.1. The minimum absolute atomic E-state index is 0.0151. The van der Waals surface area contributed by atoms with E-state index in [0.717, 1.165) is 47.1 Å². The number of hydrogen-bond donors (Lipinski definition) is 1. The van der Waals surface area contributed by atoms with Gasteiger partial charge >= 0.3 is 5.97 Å². The van der Waals surface area contributed by atoms with E-state index in [1.807, 2.05) is 67.3 Å². The van der Waals surface area contributed by atoms with E-state index in [0.29, 0.717) is 24.2 Å². The monoisotopic (exact) mass is 690 g/mol. The highest BCUT2D eigenvalue weighted by molar-refractivity contribution is 5.88. The van der Waals surface area contributed by atoms with Gasteiger partial charge in [-0.25, -0.2) is 0 Å². The third-order valence-corrected chi connectivity index (χ3v) is 10.1. The number of nitro groups is 2. The van der Waals surface area contributed by atoms with Crippen LogP contribution in [0, 0.1) is 20.2 Å². The lowest BCUT2D eigenvalue weighted by molar-refractivity contribution is -0.394. The number of benzene rings is 3. The first-order valence-corrected chi connectivity index (χ1v) is 16.8. The Hall–Kier alpha value is -5.91. The Labute approximate surface area is 295 Å². The Morgan fingerprint density at radius 3 is 1.92 bits per heavy atom. The molecular formula is C39H38N4O8. The SMILES string of the molecule is CC1(C)C(=C[c+]2c([O-])c(C=C3N(Cc4cc([N+](=O)[O-])cc([N+](=O)[O-])c4)c4ccccc4C3(C)C)[c+]2[O-])N(CCCCCC(=O)O)c2ccccc21. The van der Waals surface area contributed by atoms with Gasteiger partial charge in [0.1, 0.15) is 17.3 Å². The van der Waals surface area contributed by atoms with Crippen LogP contribution in [-0.4, -0.2) is 27.5 Å². The summed E-state index contributed by atoms with van der Waals surface area (Å²) in [7, 11) is 0. The first-order chi connectivity index (χ1) is 24.1. The molecule has 0 unspecified atom stereocenters. The van der Waals surface area contributed by atoms with Gasteiger partial charge in [-0.15, -0.1) is 0 Å². The van der Waals surface area contributed by atoms with Crippen LogP contribution < -0.4 is 20.0 Å². The van der Waals surface area contributed by atoms with Crippen LogP contribution in [0.3, 0.4) is 0 Å². The minimum atomic E-state index is -0.829. The maximum atomic E-state index is 13.9. The molecule has 4 aromatic rings. The number of nitro benzene ring substituents is 2. The largest absolute Gasteiger partial charge is 0.820 e. The Morgan fingerprint density at radius 1 is 0.824 bits per heavy atom. The summed E-state index contributed by atoms with van der Waals surface area (Å²) >= 11 is 0. The van der Waals surface area contributed by atoms with Gasteiger partial charge in [-0.05, 0) is 69.4 Å². The third-order valence-electron chi connectivity index (χ3n) is 10.1. The van der Waals surface area contributed by atoms with Crippen molar-refractivity contribution in [2.75, 3.05) is 16.3 Å². The molecule has 0 spiro atoms. The quantitative estimate of drug-likeness (QED) is 0.0692. The highest BCUT2D eigenvalue weighted by Crippen LogP contribution is 2.53. The van der Waals surface area contributed by atoms with Crippen molar-refractivity contribution in [3.8, 4) is 11.5 Å². The van der Waals surface area contributed by atoms with Gasteiger partial charge in [-0.1, -0.05) is 42.8 Å². The summed E-state index contributed by atoms with van der Waals surface area (Å²) in [4.78, 5) is 36.9. The maximum Gasteiger partial charge on any atom is 0.303 e. The van der Waals surface area contributed by atoms with Gasteiger partial charge in [0.2, 0.25) is 0 Å². The Morgan fingerprint density at radius 2 is 1.37 bits per heavy atom. The molecule has 51 heavy (non-hydrogen) atoms. The average molecular weight is 691 g/mol. The van der Waals surface area contributed by atoms with Crippen molar-refractivity contribution < 1.29 is 30.0 Å². The van der Waals surface area contributed by atoms with Crippen molar-refractivity contribution in [3.63, 3.8) is 0 Å². The number of non-ortho nitro benzene ring substituents is 2. The molecule has 4 aromatic carbocycles. The maximum absolute atomic E-state index is 13.9. The zero-order chi connectivity index (χ0) is 36.8. The zero-order valence-electron chi connectivity index (χ0n) is 28.8. The van der Waals surface area contributed by atoms with Gasteiger partial charge in [-0.2, -0.15) is 0 Å². The normalized spacial score (nSPS) is 17.3. The Bertz CT molecular complexity index is 2050. The van der Waals surface area contributed by atoms with Crippen LogP contribution >= 0.6 is 0 Å². The molecule has 0 saturated heterocycles. The number of fused-ring (bicyclic) bond motifs is 2. The third kappa shape index (κ3) is 6.22. The van der Waals surface area contributed by atoms with E-state index in [4.69, 9.17) is 5.11 Å². The second kappa shape index (κ2) is 13.1. The summed E-state index contributed by atoms with van der Waals surface area (Å²) < 4.78 is 0. The highest BCUT2D eigenvalue weighted by Gasteiger charge is 2.46. The van der Waals surface area contributed by atoms with E-state index in [9.17, 15) is 35.2 Å². The molecule has 0 aliphatic carbocycles. The molecule has 6 rings (SSSR count). The number of carbonyl (C=O) groups is 1. The molecule has 2 aliphatic heterocycles. The summed E-state index contributed by atoms with van der Waals surface area (Å²) in [6.45, 7) is 8.65. The fraction of sp³-hybridized carbons (Fsp3) is 0.308. The standard InChI is InChI=1S/C39H38N4O8/c1-38(2)29-12-7-9-14-31(29)40(17-11-5-6-16-35(44)45)33(38)21-27-36(46)28(37(27)47)22-34-39(3,4)30-13-8-10-15-32(30)41(34)23-24-18-25(42(48)49)20-26(19-24)43(50)51/h7-10,12-15,18-22H,5-6,11,16-17,23H2,1-4H3,(H-,44,45,46). The molecule has 0 aromatic heterocycles. The second-order valence-corrected chi connectivity index (χ2v) is 14.1. The lowest BCUT2D eigenvalue weighted by atomic mass is 9.81. The molecule has 262 valence electrons. The number of hydrogen-bond acceptors (Lipinski definition) is 9. The van der Waals surface area contributed by atoms with Crippen LogP contribution in [0.25, 0.3) is 12.2 Å². The Kier molecular flexibility index (Phi) is 8.96. The molecule has 12 nitrogen and oxygen atoms in total. The molecule has 2 heterocycles. The molecule has 0 amide bonds. The van der Waals surface area contributed by atoms with Crippen LogP contribution in [0.15, 0.2) is 78.1 Å².